The Labute approximate surface area is 121 Å². The standard InChI is InChI=1S/C13H16N4O2S/c1-9-4-3-5-10(6-9)14-7-11(18)15-13-17-16-12(20-13)8-19-2/h3-6,14H,7-8H2,1-2H3,(H,15,17,18). The topological polar surface area (TPSA) is 76.1 Å². The molecule has 1 heterocycles. The zero-order valence-electron chi connectivity index (χ0n) is 11.3. The Balaban J connectivity index is 1.82. The van der Waals surface area contributed by atoms with Crippen LogP contribution in [0.3, 0.4) is 0 Å². The normalized spacial score (nSPS) is 10.3. The van der Waals surface area contributed by atoms with Crippen molar-refractivity contribution in [2.45, 2.75) is 13.5 Å². The van der Waals surface area contributed by atoms with Gasteiger partial charge in [-0.15, -0.1) is 10.2 Å². The molecule has 0 saturated carbocycles. The first-order valence-electron chi connectivity index (χ1n) is 6.09. The molecule has 0 aliphatic carbocycles. The fraction of sp³-hybridized carbons (Fsp3) is 0.308. The van der Waals surface area contributed by atoms with Crippen molar-refractivity contribution in [2.75, 3.05) is 24.3 Å². The van der Waals surface area contributed by atoms with Crippen LogP contribution in [-0.2, 0) is 16.1 Å². The Kier molecular flexibility index (Phi) is 5.03. The number of anilines is 2. The second-order valence-corrected chi connectivity index (χ2v) is 5.27. The van der Waals surface area contributed by atoms with E-state index in [9.17, 15) is 4.79 Å². The van der Waals surface area contributed by atoms with Crippen LogP contribution in [0.25, 0.3) is 0 Å². The number of carbonyl (C=O) groups excluding carboxylic acids is 1. The van der Waals surface area contributed by atoms with Gasteiger partial charge in [-0.1, -0.05) is 23.5 Å². The van der Waals surface area contributed by atoms with E-state index >= 15 is 0 Å². The lowest BCUT2D eigenvalue weighted by molar-refractivity contribution is -0.114. The molecule has 6 nitrogen and oxygen atoms in total. The molecule has 7 heteroatoms. The number of hydrogen-bond acceptors (Lipinski definition) is 6. The maximum Gasteiger partial charge on any atom is 0.245 e. The first-order valence-corrected chi connectivity index (χ1v) is 6.91. The van der Waals surface area contributed by atoms with Gasteiger partial charge in [-0.05, 0) is 24.6 Å². The molecule has 0 aliphatic heterocycles. The summed E-state index contributed by atoms with van der Waals surface area (Å²) in [6.07, 6.45) is 0. The summed E-state index contributed by atoms with van der Waals surface area (Å²) in [5, 5.41) is 14.7. The zero-order valence-corrected chi connectivity index (χ0v) is 12.2. The Hall–Kier alpha value is -1.99. The van der Waals surface area contributed by atoms with E-state index in [1.807, 2.05) is 31.2 Å². The fourth-order valence-electron chi connectivity index (χ4n) is 1.59. The van der Waals surface area contributed by atoms with Crippen molar-refractivity contribution in [3.8, 4) is 0 Å². The summed E-state index contributed by atoms with van der Waals surface area (Å²) in [6, 6.07) is 7.85. The minimum absolute atomic E-state index is 0.161. The predicted molar refractivity (Wildman–Crippen MR) is 78.9 cm³/mol. The molecule has 106 valence electrons. The van der Waals surface area contributed by atoms with Crippen LogP contribution in [0.15, 0.2) is 24.3 Å². The molecular weight excluding hydrogens is 276 g/mol. The number of rotatable bonds is 6. The molecule has 0 spiro atoms. The second-order valence-electron chi connectivity index (χ2n) is 4.21. The monoisotopic (exact) mass is 292 g/mol. The molecule has 0 aliphatic rings. The van der Waals surface area contributed by atoms with Gasteiger partial charge in [0.1, 0.15) is 11.6 Å². The molecule has 0 bridgehead atoms. The van der Waals surface area contributed by atoms with Gasteiger partial charge in [0.05, 0.1) is 6.54 Å². The Morgan fingerprint density at radius 2 is 2.25 bits per heavy atom. The van der Waals surface area contributed by atoms with E-state index in [4.69, 9.17) is 4.74 Å². The summed E-state index contributed by atoms with van der Waals surface area (Å²) >= 11 is 1.30. The first kappa shape index (κ1) is 14.4. The number of hydrogen-bond donors (Lipinski definition) is 2. The summed E-state index contributed by atoms with van der Waals surface area (Å²) < 4.78 is 4.95. The number of benzene rings is 1. The molecule has 1 aromatic heterocycles. The number of nitrogens with one attached hydrogen (secondary N) is 2. The molecular formula is C13H16N4O2S. The smallest absolute Gasteiger partial charge is 0.245 e. The van der Waals surface area contributed by atoms with Gasteiger partial charge in [0.15, 0.2) is 0 Å². The van der Waals surface area contributed by atoms with E-state index in [1.165, 1.54) is 11.3 Å². The Bertz CT molecular complexity index is 585. The average Bonchev–Trinajstić information content (AvgIpc) is 2.84. The number of carbonyl (C=O) groups is 1. The van der Waals surface area contributed by atoms with Gasteiger partial charge >= 0.3 is 0 Å². The lowest BCUT2D eigenvalue weighted by Crippen LogP contribution is -2.21. The summed E-state index contributed by atoms with van der Waals surface area (Å²) in [5.41, 5.74) is 2.06. The number of aromatic nitrogens is 2. The molecule has 0 fully saturated rings. The van der Waals surface area contributed by atoms with Gasteiger partial charge in [-0.25, -0.2) is 0 Å². The summed E-state index contributed by atoms with van der Waals surface area (Å²) in [6.45, 7) is 2.58. The van der Waals surface area contributed by atoms with Crippen molar-refractivity contribution in [1.82, 2.24) is 10.2 Å². The lowest BCUT2D eigenvalue weighted by atomic mass is 10.2. The molecule has 1 aromatic carbocycles. The third-order valence-electron chi connectivity index (χ3n) is 2.45. The van der Waals surface area contributed by atoms with E-state index in [-0.39, 0.29) is 12.5 Å². The number of amides is 1. The van der Waals surface area contributed by atoms with E-state index in [2.05, 4.69) is 20.8 Å². The Morgan fingerprint density at radius 1 is 1.40 bits per heavy atom. The van der Waals surface area contributed by atoms with Crippen molar-refractivity contribution in [3.05, 3.63) is 34.8 Å². The molecule has 2 N–H and O–H groups in total. The van der Waals surface area contributed by atoms with Gasteiger partial charge in [-0.2, -0.15) is 0 Å². The summed E-state index contributed by atoms with van der Waals surface area (Å²) in [4.78, 5) is 11.8. The van der Waals surface area contributed by atoms with Crippen molar-refractivity contribution in [3.63, 3.8) is 0 Å². The van der Waals surface area contributed by atoms with Crippen LogP contribution in [0, 0.1) is 6.92 Å². The molecule has 2 aromatic rings. The number of ether oxygens (including phenoxy) is 1. The molecule has 1 amide bonds. The highest BCUT2D eigenvalue weighted by Crippen LogP contribution is 2.15. The van der Waals surface area contributed by atoms with Crippen LogP contribution in [0.1, 0.15) is 10.6 Å². The first-order chi connectivity index (χ1) is 9.67. The summed E-state index contributed by atoms with van der Waals surface area (Å²) in [7, 11) is 1.59. The Morgan fingerprint density at radius 3 is 3.00 bits per heavy atom. The highest BCUT2D eigenvalue weighted by atomic mass is 32.1. The van der Waals surface area contributed by atoms with Gasteiger partial charge in [-0.3, -0.25) is 10.1 Å². The number of methoxy groups -OCH3 is 1. The summed E-state index contributed by atoms with van der Waals surface area (Å²) in [5.74, 6) is -0.161. The van der Waals surface area contributed by atoms with E-state index in [1.54, 1.807) is 7.11 Å². The molecule has 0 atom stereocenters. The van der Waals surface area contributed by atoms with Crippen molar-refractivity contribution in [2.24, 2.45) is 0 Å². The largest absolute Gasteiger partial charge is 0.377 e. The van der Waals surface area contributed by atoms with Crippen LogP contribution in [0.5, 0.6) is 0 Å². The third-order valence-corrected chi connectivity index (χ3v) is 3.26. The minimum atomic E-state index is -0.161. The molecule has 0 unspecified atom stereocenters. The third kappa shape index (κ3) is 4.29. The van der Waals surface area contributed by atoms with Crippen LogP contribution in [0.4, 0.5) is 10.8 Å². The quantitative estimate of drug-likeness (QED) is 0.852. The van der Waals surface area contributed by atoms with Gasteiger partial charge in [0.25, 0.3) is 0 Å². The molecule has 0 radical (unpaired) electrons. The molecule has 0 saturated heterocycles. The predicted octanol–water partition coefficient (Wildman–Crippen LogP) is 2.04. The average molecular weight is 292 g/mol. The van der Waals surface area contributed by atoms with Crippen LogP contribution >= 0.6 is 11.3 Å². The van der Waals surface area contributed by atoms with E-state index in [0.29, 0.717) is 11.7 Å². The van der Waals surface area contributed by atoms with E-state index < -0.39 is 0 Å². The SMILES string of the molecule is COCc1nnc(NC(=O)CNc2cccc(C)c2)s1. The van der Waals surface area contributed by atoms with Crippen LogP contribution in [0.2, 0.25) is 0 Å². The van der Waals surface area contributed by atoms with E-state index in [0.717, 1.165) is 16.3 Å². The minimum Gasteiger partial charge on any atom is -0.377 e. The van der Waals surface area contributed by atoms with Gasteiger partial charge in [0.2, 0.25) is 11.0 Å². The fourth-order valence-corrected chi connectivity index (χ4v) is 2.31. The van der Waals surface area contributed by atoms with Crippen molar-refractivity contribution >= 4 is 28.1 Å². The van der Waals surface area contributed by atoms with Crippen LogP contribution in [-0.4, -0.2) is 29.8 Å². The second kappa shape index (κ2) is 6.97. The maximum atomic E-state index is 11.8. The number of nitrogens with zero attached hydrogens (tertiary/aromatic N) is 2. The maximum absolute atomic E-state index is 11.8. The van der Waals surface area contributed by atoms with Gasteiger partial charge in [0, 0.05) is 12.8 Å². The van der Waals surface area contributed by atoms with Crippen molar-refractivity contribution < 1.29 is 9.53 Å². The zero-order chi connectivity index (χ0) is 14.4. The highest BCUT2D eigenvalue weighted by Gasteiger charge is 2.07. The molecule has 2 rings (SSSR count). The lowest BCUT2D eigenvalue weighted by Gasteiger charge is -2.06. The van der Waals surface area contributed by atoms with Crippen molar-refractivity contribution in [1.29, 1.82) is 0 Å². The van der Waals surface area contributed by atoms with Gasteiger partial charge < -0.3 is 10.1 Å². The van der Waals surface area contributed by atoms with Crippen LogP contribution < -0.4 is 10.6 Å². The highest BCUT2D eigenvalue weighted by molar-refractivity contribution is 7.15. The molecule has 20 heavy (non-hydrogen) atoms. The number of aryl methyl sites for hydroxylation is 1.